The van der Waals surface area contributed by atoms with Crippen LogP contribution in [-0.4, -0.2) is 30.4 Å². The van der Waals surface area contributed by atoms with E-state index in [1.54, 1.807) is 20.0 Å². The Hall–Kier alpha value is -2.16. The number of hydrogen-bond donors (Lipinski definition) is 2. The van der Waals surface area contributed by atoms with Crippen molar-refractivity contribution < 1.29 is 9.18 Å². The maximum absolute atomic E-state index is 13.3. The number of halogens is 2. The van der Waals surface area contributed by atoms with Crippen LogP contribution in [0, 0.1) is 12.7 Å². The van der Waals surface area contributed by atoms with Gasteiger partial charge < -0.3 is 15.5 Å². The highest BCUT2D eigenvalue weighted by Gasteiger charge is 2.22. The first kappa shape index (κ1) is 23.1. The summed E-state index contributed by atoms with van der Waals surface area (Å²) < 4.78 is 13.3. The van der Waals surface area contributed by atoms with Crippen LogP contribution in [0.15, 0.2) is 47.5 Å². The zero-order chi connectivity index (χ0) is 19.9. The fourth-order valence-electron chi connectivity index (χ4n) is 3.34. The molecule has 29 heavy (non-hydrogen) atoms. The maximum atomic E-state index is 13.3. The number of rotatable bonds is 6. The summed E-state index contributed by atoms with van der Waals surface area (Å²) in [6, 6.07) is 13.3. The molecule has 0 bridgehead atoms. The Bertz CT molecular complexity index is 847. The number of guanidine groups is 1. The van der Waals surface area contributed by atoms with E-state index in [4.69, 9.17) is 0 Å². The number of aryl methyl sites for hydroxylation is 1. The Labute approximate surface area is 188 Å². The molecule has 3 rings (SSSR count). The summed E-state index contributed by atoms with van der Waals surface area (Å²) in [6.45, 7) is 4.40. The van der Waals surface area contributed by atoms with Crippen LogP contribution in [0.4, 0.5) is 4.39 Å². The molecular weight excluding hydrogens is 482 g/mol. The Morgan fingerprint density at radius 1 is 1.14 bits per heavy atom. The van der Waals surface area contributed by atoms with E-state index in [0.29, 0.717) is 44.1 Å². The molecule has 0 saturated carbocycles. The summed E-state index contributed by atoms with van der Waals surface area (Å²) in [6.07, 6.45) is 1.25. The zero-order valence-corrected chi connectivity index (χ0v) is 19.2. The van der Waals surface area contributed by atoms with Gasteiger partial charge in [-0.05, 0) is 41.7 Å². The number of carbonyl (C=O) groups excluding carboxylic acids is 1. The summed E-state index contributed by atoms with van der Waals surface area (Å²) >= 11 is 0. The Morgan fingerprint density at radius 2 is 1.83 bits per heavy atom. The summed E-state index contributed by atoms with van der Waals surface area (Å²) in [4.78, 5) is 18.5. The van der Waals surface area contributed by atoms with Gasteiger partial charge in [0.05, 0.1) is 0 Å². The molecule has 0 atom stereocenters. The number of nitrogens with zero attached hydrogens (tertiary/aromatic N) is 2. The van der Waals surface area contributed by atoms with Gasteiger partial charge in [0.25, 0.3) is 0 Å². The van der Waals surface area contributed by atoms with E-state index in [1.165, 1.54) is 17.2 Å². The largest absolute Gasteiger partial charge is 0.356 e. The lowest BCUT2D eigenvalue weighted by atomic mass is 10.1. The molecular formula is C22H28FIN4O. The highest BCUT2D eigenvalue weighted by Crippen LogP contribution is 2.22. The van der Waals surface area contributed by atoms with Crippen molar-refractivity contribution in [1.82, 2.24) is 15.5 Å². The van der Waals surface area contributed by atoms with E-state index < -0.39 is 0 Å². The smallest absolute Gasteiger partial charge is 0.223 e. The average molecular weight is 510 g/mol. The number of nitrogens with one attached hydrogen (secondary N) is 2. The summed E-state index contributed by atoms with van der Waals surface area (Å²) in [5.41, 5.74) is 4.11. The second kappa shape index (κ2) is 11.1. The molecule has 156 valence electrons. The van der Waals surface area contributed by atoms with E-state index in [2.05, 4.69) is 27.8 Å². The Balaban J connectivity index is 0.00000300. The fraction of sp³-hybridized carbons (Fsp3) is 0.364. The fourth-order valence-corrected chi connectivity index (χ4v) is 3.34. The molecule has 1 heterocycles. The number of benzene rings is 2. The van der Waals surface area contributed by atoms with Gasteiger partial charge in [-0.2, -0.15) is 0 Å². The minimum atomic E-state index is -0.197. The van der Waals surface area contributed by atoms with E-state index in [1.807, 2.05) is 23.1 Å². The van der Waals surface area contributed by atoms with Gasteiger partial charge in [-0.25, -0.2) is 4.39 Å². The van der Waals surface area contributed by atoms with Gasteiger partial charge in [-0.3, -0.25) is 9.79 Å². The molecule has 5 nitrogen and oxygen atoms in total. The molecule has 0 fully saturated rings. The van der Waals surface area contributed by atoms with E-state index in [9.17, 15) is 9.18 Å². The molecule has 7 heteroatoms. The van der Waals surface area contributed by atoms with Gasteiger partial charge in [0.2, 0.25) is 5.91 Å². The van der Waals surface area contributed by atoms with Crippen molar-refractivity contribution in [1.29, 1.82) is 0 Å². The second-order valence-electron chi connectivity index (χ2n) is 7.06. The zero-order valence-electron chi connectivity index (χ0n) is 16.9. The van der Waals surface area contributed by atoms with E-state index in [0.717, 1.165) is 12.0 Å². The summed E-state index contributed by atoms with van der Waals surface area (Å²) in [5, 5.41) is 6.43. The molecule has 2 aromatic carbocycles. The molecule has 0 aromatic heterocycles. The van der Waals surface area contributed by atoms with Gasteiger partial charge in [0.15, 0.2) is 5.96 Å². The first-order chi connectivity index (χ1) is 13.6. The van der Waals surface area contributed by atoms with Crippen LogP contribution < -0.4 is 10.6 Å². The topological polar surface area (TPSA) is 56.7 Å². The van der Waals surface area contributed by atoms with E-state index in [-0.39, 0.29) is 35.7 Å². The van der Waals surface area contributed by atoms with Gasteiger partial charge in [-0.1, -0.05) is 36.4 Å². The first-order valence-corrected chi connectivity index (χ1v) is 9.61. The van der Waals surface area contributed by atoms with Crippen molar-refractivity contribution in [3.05, 3.63) is 70.5 Å². The van der Waals surface area contributed by atoms with Crippen LogP contribution in [0.3, 0.4) is 0 Å². The van der Waals surface area contributed by atoms with Gasteiger partial charge in [0, 0.05) is 39.6 Å². The molecule has 1 amide bonds. The van der Waals surface area contributed by atoms with Crippen molar-refractivity contribution >= 4 is 35.8 Å². The lowest BCUT2D eigenvalue weighted by Crippen LogP contribution is -2.37. The van der Waals surface area contributed by atoms with Crippen molar-refractivity contribution in [3.8, 4) is 0 Å². The number of amides is 1. The van der Waals surface area contributed by atoms with Gasteiger partial charge in [-0.15, -0.1) is 24.0 Å². The lowest BCUT2D eigenvalue weighted by Gasteiger charge is -2.16. The van der Waals surface area contributed by atoms with Crippen LogP contribution in [0.25, 0.3) is 0 Å². The quantitative estimate of drug-likeness (QED) is 0.270. The molecule has 0 saturated heterocycles. The molecule has 1 aliphatic heterocycles. The third-order valence-electron chi connectivity index (χ3n) is 4.96. The van der Waals surface area contributed by atoms with Crippen molar-refractivity contribution in [2.75, 3.05) is 13.6 Å². The van der Waals surface area contributed by atoms with Crippen LogP contribution in [0.1, 0.15) is 35.1 Å². The van der Waals surface area contributed by atoms with Crippen LogP contribution in [0.5, 0.6) is 0 Å². The molecule has 2 aromatic rings. The number of carbonyl (C=O) groups is 1. The number of aliphatic imine (C=N–C) groups is 1. The molecule has 2 N–H and O–H groups in total. The minimum absolute atomic E-state index is 0. The summed E-state index contributed by atoms with van der Waals surface area (Å²) in [5.74, 6) is 0.655. The van der Waals surface area contributed by atoms with Crippen molar-refractivity contribution in [2.24, 2.45) is 4.99 Å². The number of hydrogen-bond acceptors (Lipinski definition) is 2. The van der Waals surface area contributed by atoms with Crippen molar-refractivity contribution in [2.45, 2.75) is 39.4 Å². The summed E-state index contributed by atoms with van der Waals surface area (Å²) in [7, 11) is 1.71. The third-order valence-corrected chi connectivity index (χ3v) is 4.96. The highest BCUT2D eigenvalue weighted by atomic mass is 127. The minimum Gasteiger partial charge on any atom is -0.356 e. The maximum Gasteiger partial charge on any atom is 0.223 e. The second-order valence-corrected chi connectivity index (χ2v) is 7.06. The van der Waals surface area contributed by atoms with Crippen LogP contribution in [0.2, 0.25) is 0 Å². The highest BCUT2D eigenvalue weighted by molar-refractivity contribution is 14.0. The SMILES string of the molecule is CN=C(NCCCC(=O)N1Cc2ccccc2C1)NCc1ccc(F)c(C)c1.I. The van der Waals surface area contributed by atoms with Gasteiger partial charge in [0.1, 0.15) is 5.82 Å². The molecule has 0 radical (unpaired) electrons. The predicted octanol–water partition coefficient (Wildman–Crippen LogP) is 3.74. The number of fused-ring (bicyclic) bond motifs is 1. The molecule has 0 unspecified atom stereocenters. The van der Waals surface area contributed by atoms with Crippen molar-refractivity contribution in [3.63, 3.8) is 0 Å². The average Bonchev–Trinajstić information content (AvgIpc) is 3.14. The molecule has 0 aliphatic carbocycles. The Kier molecular flexibility index (Phi) is 8.88. The predicted molar refractivity (Wildman–Crippen MR) is 125 cm³/mol. The van der Waals surface area contributed by atoms with E-state index >= 15 is 0 Å². The van der Waals surface area contributed by atoms with Crippen LogP contribution in [-0.2, 0) is 24.4 Å². The molecule has 1 aliphatic rings. The third kappa shape index (κ3) is 6.42. The van der Waals surface area contributed by atoms with Gasteiger partial charge >= 0.3 is 0 Å². The Morgan fingerprint density at radius 3 is 2.45 bits per heavy atom. The molecule has 0 spiro atoms. The monoisotopic (exact) mass is 510 g/mol. The lowest BCUT2D eigenvalue weighted by molar-refractivity contribution is -0.131. The standard InChI is InChI=1S/C22H27FN4O.HI/c1-16-12-17(9-10-20(16)23)13-26-22(24-2)25-11-5-8-21(28)27-14-18-6-3-4-7-19(18)15-27;/h3-4,6-7,9-10,12H,5,8,11,13-15H2,1-2H3,(H2,24,25,26);1H. The first-order valence-electron chi connectivity index (χ1n) is 9.61. The van der Waals surface area contributed by atoms with Crippen LogP contribution >= 0.6 is 24.0 Å². The normalized spacial score (nSPS) is 12.9.